The van der Waals surface area contributed by atoms with E-state index in [1.54, 1.807) is 24.3 Å². The molecule has 1 fully saturated rings. The fourth-order valence-corrected chi connectivity index (χ4v) is 3.13. The molecule has 0 spiro atoms. The van der Waals surface area contributed by atoms with Crippen LogP contribution in [0.3, 0.4) is 0 Å². The molecule has 1 aliphatic rings. The first-order valence-electron chi connectivity index (χ1n) is 6.06. The van der Waals surface area contributed by atoms with Crippen molar-refractivity contribution in [3.05, 3.63) is 35.4 Å². The summed E-state index contributed by atoms with van der Waals surface area (Å²) >= 11 is 0. The number of sulfonamides is 1. The summed E-state index contributed by atoms with van der Waals surface area (Å²) in [5.74, 6) is -0.210. The summed E-state index contributed by atoms with van der Waals surface area (Å²) in [6.07, 6.45) is 1.70. The molecular weight excluding hydrogens is 264 g/mol. The molecule has 0 saturated heterocycles. The van der Waals surface area contributed by atoms with Crippen LogP contribution in [0, 0.1) is 16.7 Å². The van der Waals surface area contributed by atoms with E-state index in [0.717, 1.165) is 12.8 Å². The highest BCUT2D eigenvalue weighted by atomic mass is 32.2. The minimum absolute atomic E-state index is 0.00427. The Morgan fingerprint density at radius 1 is 1.37 bits per heavy atom. The lowest BCUT2D eigenvalue weighted by Crippen LogP contribution is -2.32. The molecule has 2 N–H and O–H groups in total. The summed E-state index contributed by atoms with van der Waals surface area (Å²) in [7, 11) is -3.48. The van der Waals surface area contributed by atoms with Gasteiger partial charge in [0.15, 0.2) is 0 Å². The maximum Gasteiger partial charge on any atom is 0.215 e. The molecule has 0 radical (unpaired) electrons. The van der Waals surface area contributed by atoms with Crippen molar-refractivity contribution in [2.45, 2.75) is 18.6 Å². The topological polar surface area (TPSA) is 90.2 Å². The highest BCUT2D eigenvalue weighted by molar-refractivity contribution is 7.88. The fourth-order valence-electron chi connectivity index (χ4n) is 1.84. The van der Waals surface area contributed by atoms with Crippen LogP contribution < -0.4 is 4.72 Å². The summed E-state index contributed by atoms with van der Waals surface area (Å²) < 4.78 is 26.4. The van der Waals surface area contributed by atoms with Crippen molar-refractivity contribution in [3.63, 3.8) is 0 Å². The summed E-state index contributed by atoms with van der Waals surface area (Å²) in [5.41, 5.74) is 0.601. The van der Waals surface area contributed by atoms with E-state index in [1.165, 1.54) is 0 Å². The van der Waals surface area contributed by atoms with Crippen molar-refractivity contribution in [1.29, 1.82) is 5.26 Å². The number of nitrogens with one attached hydrogen (secondary N) is 1. The van der Waals surface area contributed by atoms with Crippen LogP contribution in [0.5, 0.6) is 0 Å². The Morgan fingerprint density at radius 2 is 2.05 bits per heavy atom. The van der Waals surface area contributed by atoms with E-state index in [0.29, 0.717) is 11.1 Å². The third kappa shape index (κ3) is 3.53. The van der Waals surface area contributed by atoms with Gasteiger partial charge >= 0.3 is 0 Å². The summed E-state index contributed by atoms with van der Waals surface area (Å²) in [4.78, 5) is 0. The van der Waals surface area contributed by atoms with Gasteiger partial charge in [0.1, 0.15) is 0 Å². The molecule has 6 heteroatoms. The molecule has 1 aromatic rings. The number of aliphatic hydroxyl groups is 1. The van der Waals surface area contributed by atoms with Crippen molar-refractivity contribution in [2.24, 2.45) is 5.41 Å². The van der Waals surface area contributed by atoms with Crippen LogP contribution in [-0.2, 0) is 15.8 Å². The predicted octanol–water partition coefficient (Wildman–Crippen LogP) is 0.750. The number of benzene rings is 1. The molecule has 1 saturated carbocycles. The molecule has 1 aliphatic carbocycles. The zero-order chi connectivity index (χ0) is 13.9. The van der Waals surface area contributed by atoms with Gasteiger partial charge in [-0.3, -0.25) is 0 Å². The Morgan fingerprint density at radius 3 is 2.63 bits per heavy atom. The number of nitriles is 1. The molecule has 2 rings (SSSR count). The minimum atomic E-state index is -3.48. The predicted molar refractivity (Wildman–Crippen MR) is 70.5 cm³/mol. The minimum Gasteiger partial charge on any atom is -0.396 e. The van der Waals surface area contributed by atoms with Crippen molar-refractivity contribution >= 4 is 10.0 Å². The van der Waals surface area contributed by atoms with Crippen LogP contribution >= 0.6 is 0 Å². The molecule has 0 atom stereocenters. The molecule has 19 heavy (non-hydrogen) atoms. The van der Waals surface area contributed by atoms with Crippen molar-refractivity contribution < 1.29 is 13.5 Å². The molecule has 0 aliphatic heterocycles. The SMILES string of the molecule is N#Cc1ccccc1CS(=O)(=O)NCC1(CO)CC1. The van der Waals surface area contributed by atoms with Crippen LogP contribution in [0.25, 0.3) is 0 Å². The molecule has 0 amide bonds. The van der Waals surface area contributed by atoms with E-state index in [9.17, 15) is 8.42 Å². The molecule has 1 aromatic carbocycles. The van der Waals surface area contributed by atoms with Crippen LogP contribution in [-0.4, -0.2) is 26.7 Å². The highest BCUT2D eigenvalue weighted by Gasteiger charge is 2.42. The van der Waals surface area contributed by atoms with E-state index < -0.39 is 10.0 Å². The number of aliphatic hydroxyl groups excluding tert-OH is 1. The lowest BCUT2D eigenvalue weighted by atomic mass is 10.1. The highest BCUT2D eigenvalue weighted by Crippen LogP contribution is 2.44. The van der Waals surface area contributed by atoms with E-state index >= 15 is 0 Å². The van der Waals surface area contributed by atoms with E-state index in [-0.39, 0.29) is 24.3 Å². The van der Waals surface area contributed by atoms with Gasteiger partial charge in [0, 0.05) is 18.6 Å². The zero-order valence-electron chi connectivity index (χ0n) is 10.5. The fraction of sp³-hybridized carbons (Fsp3) is 0.462. The molecule has 5 nitrogen and oxygen atoms in total. The second-order valence-corrected chi connectivity index (χ2v) is 6.81. The standard InChI is InChI=1S/C13H16N2O3S/c14-7-11-3-1-2-4-12(11)8-19(17,18)15-9-13(10-16)5-6-13/h1-4,15-16H,5-6,8-10H2. The first-order valence-corrected chi connectivity index (χ1v) is 7.72. The molecular formula is C13H16N2O3S. The van der Waals surface area contributed by atoms with Gasteiger partial charge in [-0.1, -0.05) is 18.2 Å². The van der Waals surface area contributed by atoms with Crippen molar-refractivity contribution in [2.75, 3.05) is 13.2 Å². The molecule has 0 bridgehead atoms. The van der Waals surface area contributed by atoms with Gasteiger partial charge in [-0.25, -0.2) is 13.1 Å². The van der Waals surface area contributed by atoms with Crippen LogP contribution in [0.1, 0.15) is 24.0 Å². The smallest absolute Gasteiger partial charge is 0.215 e. The molecule has 0 unspecified atom stereocenters. The average molecular weight is 280 g/mol. The maximum absolute atomic E-state index is 12.0. The summed E-state index contributed by atoms with van der Waals surface area (Å²) in [6, 6.07) is 8.63. The Labute approximate surface area is 112 Å². The third-order valence-corrected chi connectivity index (χ3v) is 4.72. The second kappa shape index (κ2) is 5.29. The Hall–Kier alpha value is -1.42. The monoisotopic (exact) mass is 280 g/mol. The van der Waals surface area contributed by atoms with Gasteiger partial charge in [0.25, 0.3) is 0 Å². The Bertz CT molecular complexity index is 601. The normalized spacial score (nSPS) is 16.8. The molecule has 0 heterocycles. The van der Waals surface area contributed by atoms with Crippen LogP contribution in [0.4, 0.5) is 0 Å². The van der Waals surface area contributed by atoms with Gasteiger partial charge in [0.2, 0.25) is 10.0 Å². The first kappa shape index (κ1) is 14.0. The second-order valence-electron chi connectivity index (χ2n) is 5.01. The van der Waals surface area contributed by atoms with E-state index in [2.05, 4.69) is 4.72 Å². The number of nitrogens with zero attached hydrogens (tertiary/aromatic N) is 1. The van der Waals surface area contributed by atoms with E-state index in [1.807, 2.05) is 6.07 Å². The Kier molecular flexibility index (Phi) is 3.90. The van der Waals surface area contributed by atoms with Crippen LogP contribution in [0.15, 0.2) is 24.3 Å². The van der Waals surface area contributed by atoms with Gasteiger partial charge in [-0.15, -0.1) is 0 Å². The molecule has 102 valence electrons. The summed E-state index contributed by atoms with van der Waals surface area (Å²) in [6.45, 7) is 0.269. The third-order valence-electron chi connectivity index (χ3n) is 3.44. The van der Waals surface area contributed by atoms with Gasteiger partial charge in [0.05, 0.1) is 17.4 Å². The van der Waals surface area contributed by atoms with Gasteiger partial charge in [-0.2, -0.15) is 5.26 Å². The van der Waals surface area contributed by atoms with Gasteiger partial charge in [-0.05, 0) is 24.5 Å². The number of hydrogen-bond donors (Lipinski definition) is 2. The van der Waals surface area contributed by atoms with Crippen molar-refractivity contribution in [1.82, 2.24) is 4.72 Å². The first-order chi connectivity index (χ1) is 9.00. The maximum atomic E-state index is 12.0. The largest absolute Gasteiger partial charge is 0.396 e. The lowest BCUT2D eigenvalue weighted by Gasteiger charge is -2.13. The summed E-state index contributed by atoms with van der Waals surface area (Å²) in [5, 5.41) is 18.1. The zero-order valence-corrected chi connectivity index (χ0v) is 11.3. The number of hydrogen-bond acceptors (Lipinski definition) is 4. The number of rotatable bonds is 6. The Balaban J connectivity index is 2.03. The quantitative estimate of drug-likeness (QED) is 0.804. The lowest BCUT2D eigenvalue weighted by molar-refractivity contribution is 0.213. The van der Waals surface area contributed by atoms with Crippen molar-refractivity contribution in [3.8, 4) is 6.07 Å². The average Bonchev–Trinajstić information content (AvgIpc) is 3.18. The van der Waals surface area contributed by atoms with E-state index in [4.69, 9.17) is 10.4 Å². The molecule has 0 aromatic heterocycles. The van der Waals surface area contributed by atoms with Crippen LogP contribution in [0.2, 0.25) is 0 Å². The van der Waals surface area contributed by atoms with Gasteiger partial charge < -0.3 is 5.11 Å².